The van der Waals surface area contributed by atoms with Crippen LogP contribution in [0, 0.1) is 6.92 Å². The predicted octanol–water partition coefficient (Wildman–Crippen LogP) is 5.40. The van der Waals surface area contributed by atoms with Crippen molar-refractivity contribution in [3.63, 3.8) is 0 Å². The van der Waals surface area contributed by atoms with Crippen LogP contribution in [0.5, 0.6) is 0 Å². The van der Waals surface area contributed by atoms with Crippen LogP contribution in [-0.2, 0) is 0 Å². The van der Waals surface area contributed by atoms with Crippen molar-refractivity contribution in [2.75, 3.05) is 5.01 Å². The molecular weight excluding hydrogens is 330 g/mol. The molecule has 2 heterocycles. The van der Waals surface area contributed by atoms with Gasteiger partial charge < -0.3 is 0 Å². The fraction of sp³-hybridized carbons (Fsp3) is 0.143. The number of aromatic nitrogens is 1. The number of hydrogen-bond donors (Lipinski definition) is 0. The molecule has 0 bridgehead atoms. The summed E-state index contributed by atoms with van der Waals surface area (Å²) in [6, 6.07) is 22.6. The van der Waals surface area contributed by atoms with Gasteiger partial charge in [-0.1, -0.05) is 41.9 Å². The Bertz CT molecular complexity index is 887. The van der Waals surface area contributed by atoms with Gasteiger partial charge in [0.15, 0.2) is 0 Å². The summed E-state index contributed by atoms with van der Waals surface area (Å²) in [6.07, 6.45) is 2.74. The van der Waals surface area contributed by atoms with Crippen LogP contribution in [0.3, 0.4) is 0 Å². The van der Waals surface area contributed by atoms with Crippen LogP contribution in [0.4, 0.5) is 5.69 Å². The molecule has 25 heavy (non-hydrogen) atoms. The molecule has 0 fully saturated rings. The van der Waals surface area contributed by atoms with E-state index in [-0.39, 0.29) is 6.04 Å². The van der Waals surface area contributed by atoms with Crippen LogP contribution in [-0.4, -0.2) is 10.7 Å². The molecular formula is C21H18ClN3. The number of pyridine rings is 1. The van der Waals surface area contributed by atoms with E-state index in [1.54, 1.807) is 0 Å². The smallest absolute Gasteiger partial charge is 0.0831 e. The molecule has 0 spiro atoms. The molecule has 1 aliphatic rings. The second kappa shape index (κ2) is 6.69. The van der Waals surface area contributed by atoms with Crippen LogP contribution < -0.4 is 5.01 Å². The lowest BCUT2D eigenvalue weighted by atomic mass is 9.99. The van der Waals surface area contributed by atoms with Crippen molar-refractivity contribution < 1.29 is 0 Å². The van der Waals surface area contributed by atoms with Crippen molar-refractivity contribution in [3.8, 4) is 0 Å². The number of aryl methyl sites for hydroxylation is 1. The number of anilines is 1. The average molecular weight is 348 g/mol. The van der Waals surface area contributed by atoms with Crippen molar-refractivity contribution in [1.29, 1.82) is 0 Å². The Kier molecular flexibility index (Phi) is 4.24. The Morgan fingerprint density at radius 3 is 2.40 bits per heavy atom. The van der Waals surface area contributed by atoms with Gasteiger partial charge in [-0.25, -0.2) is 0 Å². The molecule has 0 saturated carbocycles. The summed E-state index contributed by atoms with van der Waals surface area (Å²) in [5.74, 6) is 0. The van der Waals surface area contributed by atoms with Gasteiger partial charge in [0.25, 0.3) is 0 Å². The largest absolute Gasteiger partial charge is 0.261 e. The summed E-state index contributed by atoms with van der Waals surface area (Å²) in [5, 5.41) is 7.76. The van der Waals surface area contributed by atoms with E-state index in [1.807, 2.05) is 49.5 Å². The Morgan fingerprint density at radius 2 is 1.72 bits per heavy atom. The standard InChI is InChI=1S/C21H18ClN3/c1-15-7-8-17(14-23-15)20-13-21(16-9-11-18(22)12-10-16)25(24-20)19-5-3-2-4-6-19/h2-12,14,21H,13H2,1H3. The van der Waals surface area contributed by atoms with Gasteiger partial charge in [-0.3, -0.25) is 9.99 Å². The number of para-hydroxylation sites is 1. The highest BCUT2D eigenvalue weighted by molar-refractivity contribution is 6.30. The Hall–Kier alpha value is -2.65. The molecule has 4 heteroatoms. The van der Waals surface area contributed by atoms with Crippen molar-refractivity contribution in [1.82, 2.24) is 4.98 Å². The molecule has 0 aliphatic carbocycles. The molecule has 3 aromatic rings. The van der Waals surface area contributed by atoms with Gasteiger partial charge in [-0.15, -0.1) is 0 Å². The molecule has 1 atom stereocenters. The molecule has 2 aromatic carbocycles. The summed E-state index contributed by atoms with van der Waals surface area (Å²) < 4.78 is 0. The van der Waals surface area contributed by atoms with Crippen LogP contribution in [0.15, 0.2) is 78.0 Å². The van der Waals surface area contributed by atoms with Gasteiger partial charge in [-0.2, -0.15) is 5.10 Å². The zero-order valence-corrected chi connectivity index (χ0v) is 14.7. The van der Waals surface area contributed by atoms with Crippen molar-refractivity contribution >= 4 is 23.0 Å². The van der Waals surface area contributed by atoms with E-state index in [0.717, 1.165) is 34.1 Å². The van der Waals surface area contributed by atoms with Gasteiger partial charge in [-0.05, 0) is 48.9 Å². The average Bonchev–Trinajstić information content (AvgIpc) is 3.09. The number of rotatable bonds is 3. The molecule has 124 valence electrons. The lowest BCUT2D eigenvalue weighted by Gasteiger charge is -2.24. The first-order valence-electron chi connectivity index (χ1n) is 8.31. The third-order valence-electron chi connectivity index (χ3n) is 4.43. The minimum atomic E-state index is 0.149. The molecule has 3 nitrogen and oxygen atoms in total. The first-order chi connectivity index (χ1) is 12.2. The molecule has 0 saturated heterocycles. The summed E-state index contributed by atoms with van der Waals surface area (Å²) in [5.41, 5.74) is 5.42. The summed E-state index contributed by atoms with van der Waals surface area (Å²) in [6.45, 7) is 1.99. The molecule has 0 N–H and O–H groups in total. The van der Waals surface area contributed by atoms with Gasteiger partial charge >= 0.3 is 0 Å². The number of benzene rings is 2. The van der Waals surface area contributed by atoms with E-state index in [1.165, 1.54) is 5.56 Å². The Balaban J connectivity index is 1.73. The maximum absolute atomic E-state index is 6.06. The maximum Gasteiger partial charge on any atom is 0.0831 e. The highest BCUT2D eigenvalue weighted by Gasteiger charge is 2.29. The van der Waals surface area contributed by atoms with E-state index >= 15 is 0 Å². The third kappa shape index (κ3) is 3.28. The van der Waals surface area contributed by atoms with E-state index in [4.69, 9.17) is 16.7 Å². The molecule has 4 rings (SSSR count). The molecule has 1 aliphatic heterocycles. The van der Waals surface area contributed by atoms with Crippen LogP contribution in [0.2, 0.25) is 5.02 Å². The zero-order chi connectivity index (χ0) is 17.2. The highest BCUT2D eigenvalue weighted by atomic mass is 35.5. The monoisotopic (exact) mass is 347 g/mol. The van der Waals surface area contributed by atoms with Gasteiger partial charge in [0.05, 0.1) is 17.4 Å². The van der Waals surface area contributed by atoms with E-state index < -0.39 is 0 Å². The third-order valence-corrected chi connectivity index (χ3v) is 4.68. The minimum Gasteiger partial charge on any atom is -0.261 e. The fourth-order valence-corrected chi connectivity index (χ4v) is 3.21. The SMILES string of the molecule is Cc1ccc(C2=NN(c3ccccc3)C(c3ccc(Cl)cc3)C2)cn1. The normalized spacial score (nSPS) is 16.8. The minimum absolute atomic E-state index is 0.149. The topological polar surface area (TPSA) is 28.5 Å². The molecule has 1 aromatic heterocycles. The van der Waals surface area contributed by atoms with Crippen molar-refractivity contribution in [3.05, 3.63) is 94.8 Å². The quantitative estimate of drug-likeness (QED) is 0.634. The maximum atomic E-state index is 6.06. The highest BCUT2D eigenvalue weighted by Crippen LogP contribution is 2.36. The van der Waals surface area contributed by atoms with Gasteiger partial charge in [0.1, 0.15) is 0 Å². The van der Waals surface area contributed by atoms with Gasteiger partial charge in [0.2, 0.25) is 0 Å². The lowest BCUT2D eigenvalue weighted by molar-refractivity contribution is 0.709. The van der Waals surface area contributed by atoms with Crippen molar-refractivity contribution in [2.24, 2.45) is 5.10 Å². The Morgan fingerprint density at radius 1 is 0.960 bits per heavy atom. The van der Waals surface area contributed by atoms with E-state index in [2.05, 4.69) is 40.3 Å². The van der Waals surface area contributed by atoms with Crippen LogP contribution >= 0.6 is 11.6 Å². The number of halogens is 1. The number of hydrazone groups is 1. The molecule has 0 amide bonds. The number of hydrogen-bond acceptors (Lipinski definition) is 3. The first-order valence-corrected chi connectivity index (χ1v) is 8.69. The summed E-state index contributed by atoms with van der Waals surface area (Å²) in [4.78, 5) is 4.41. The molecule has 0 radical (unpaired) electrons. The van der Waals surface area contributed by atoms with Crippen molar-refractivity contribution in [2.45, 2.75) is 19.4 Å². The van der Waals surface area contributed by atoms with E-state index in [0.29, 0.717) is 0 Å². The van der Waals surface area contributed by atoms with Crippen LogP contribution in [0.1, 0.15) is 29.3 Å². The second-order valence-corrected chi connectivity index (χ2v) is 6.62. The predicted molar refractivity (Wildman–Crippen MR) is 103 cm³/mol. The first kappa shape index (κ1) is 15.9. The summed E-state index contributed by atoms with van der Waals surface area (Å²) in [7, 11) is 0. The van der Waals surface area contributed by atoms with Gasteiger partial charge in [0, 0.05) is 28.9 Å². The Labute approximate surface area is 152 Å². The van der Waals surface area contributed by atoms with Crippen LogP contribution in [0.25, 0.3) is 0 Å². The molecule has 1 unspecified atom stereocenters. The summed E-state index contributed by atoms with van der Waals surface area (Å²) >= 11 is 6.06. The zero-order valence-electron chi connectivity index (χ0n) is 13.9. The van der Waals surface area contributed by atoms with E-state index in [9.17, 15) is 0 Å². The second-order valence-electron chi connectivity index (χ2n) is 6.19. The lowest BCUT2D eigenvalue weighted by Crippen LogP contribution is -2.18. The number of nitrogens with zero attached hydrogens (tertiary/aromatic N) is 3. The fourth-order valence-electron chi connectivity index (χ4n) is 3.09.